The fraction of sp³-hybridized carbons (Fsp3) is 0.350. The van der Waals surface area contributed by atoms with E-state index in [-0.39, 0.29) is 0 Å². The molecule has 0 amide bonds. The average molecular weight is 357 g/mol. The second-order valence-electron chi connectivity index (χ2n) is 5.99. The molecule has 0 saturated heterocycles. The minimum absolute atomic E-state index is 0.379. The first-order valence-electron chi connectivity index (χ1n) is 8.47. The highest BCUT2D eigenvalue weighted by molar-refractivity contribution is 5.77. The highest BCUT2D eigenvalue weighted by Crippen LogP contribution is 2.27. The number of hydrogen-bond donors (Lipinski definition) is 2. The number of nitrogens with zero attached hydrogens (tertiary/aromatic N) is 1. The first-order valence-corrected chi connectivity index (χ1v) is 8.47. The topological polar surface area (TPSA) is 78.1 Å². The second kappa shape index (κ2) is 9.56. The minimum Gasteiger partial charge on any atom is -0.493 e. The molecule has 2 aromatic carbocycles. The zero-order valence-electron chi connectivity index (χ0n) is 15.8. The Morgan fingerprint density at radius 2 is 1.69 bits per heavy atom. The molecule has 6 nitrogen and oxygen atoms in total. The number of hydrogen-bond acceptors (Lipinski definition) is 4. The largest absolute Gasteiger partial charge is 0.493 e. The van der Waals surface area contributed by atoms with Crippen LogP contribution in [-0.4, -0.2) is 33.3 Å². The molecule has 0 atom stereocenters. The highest BCUT2D eigenvalue weighted by atomic mass is 16.5. The van der Waals surface area contributed by atoms with Gasteiger partial charge in [-0.1, -0.05) is 12.1 Å². The summed E-state index contributed by atoms with van der Waals surface area (Å²) < 4.78 is 16.2. The van der Waals surface area contributed by atoms with Crippen molar-refractivity contribution in [2.45, 2.75) is 20.4 Å². The Morgan fingerprint density at radius 3 is 2.35 bits per heavy atom. The predicted octanol–water partition coefficient (Wildman–Crippen LogP) is 2.80. The summed E-state index contributed by atoms with van der Waals surface area (Å²) in [6.45, 7) is 5.65. The number of benzene rings is 2. The Hall–Kier alpha value is -2.89. The van der Waals surface area contributed by atoms with E-state index in [0.29, 0.717) is 37.2 Å². The van der Waals surface area contributed by atoms with Gasteiger partial charge in [-0.05, 0) is 54.8 Å². The fourth-order valence-electron chi connectivity index (χ4n) is 2.58. The van der Waals surface area contributed by atoms with Crippen LogP contribution in [0, 0.1) is 13.8 Å². The van der Waals surface area contributed by atoms with Gasteiger partial charge in [0.2, 0.25) is 0 Å². The zero-order valence-corrected chi connectivity index (χ0v) is 15.8. The van der Waals surface area contributed by atoms with Crippen molar-refractivity contribution >= 4 is 5.96 Å². The molecule has 0 radical (unpaired) electrons. The van der Waals surface area contributed by atoms with Crippen molar-refractivity contribution in [3.8, 4) is 17.2 Å². The van der Waals surface area contributed by atoms with E-state index in [2.05, 4.69) is 30.2 Å². The molecule has 2 rings (SSSR count). The first kappa shape index (κ1) is 19.4. The van der Waals surface area contributed by atoms with Gasteiger partial charge in [0, 0.05) is 0 Å². The van der Waals surface area contributed by atoms with Crippen LogP contribution in [0.1, 0.15) is 16.7 Å². The molecular formula is C20H27N3O3. The van der Waals surface area contributed by atoms with Crippen molar-refractivity contribution in [2.24, 2.45) is 10.7 Å². The van der Waals surface area contributed by atoms with Crippen molar-refractivity contribution in [2.75, 3.05) is 27.4 Å². The number of guanidine groups is 1. The third-order valence-corrected chi connectivity index (χ3v) is 3.75. The monoisotopic (exact) mass is 357 g/mol. The van der Waals surface area contributed by atoms with Crippen molar-refractivity contribution in [3.63, 3.8) is 0 Å². The molecule has 0 saturated carbocycles. The molecule has 0 unspecified atom stereocenters. The lowest BCUT2D eigenvalue weighted by atomic mass is 10.1. The summed E-state index contributed by atoms with van der Waals surface area (Å²) >= 11 is 0. The molecule has 0 aliphatic rings. The third-order valence-electron chi connectivity index (χ3n) is 3.75. The maximum atomic E-state index is 5.90. The van der Waals surface area contributed by atoms with Gasteiger partial charge >= 0.3 is 0 Å². The number of ether oxygens (including phenoxy) is 3. The maximum absolute atomic E-state index is 5.90. The normalized spacial score (nSPS) is 11.2. The number of rotatable bonds is 8. The molecule has 0 aromatic heterocycles. The summed E-state index contributed by atoms with van der Waals surface area (Å²) in [7, 11) is 3.22. The Balaban J connectivity index is 1.79. The standard InChI is InChI=1S/C20H27N3O3/c1-14-9-15(2)11-17(10-14)26-8-7-22-20(21)23-13-16-5-6-18(24-3)19(12-16)25-4/h5-6,9-12H,7-8,13H2,1-4H3,(H3,21,22,23). The van der Waals surface area contributed by atoms with Crippen LogP contribution in [-0.2, 0) is 6.54 Å². The van der Waals surface area contributed by atoms with Crippen LogP contribution < -0.4 is 25.3 Å². The molecule has 2 aromatic rings. The van der Waals surface area contributed by atoms with E-state index in [4.69, 9.17) is 19.9 Å². The lowest BCUT2D eigenvalue weighted by Crippen LogP contribution is -2.34. The molecule has 0 fully saturated rings. The van der Waals surface area contributed by atoms with Crippen LogP contribution in [0.15, 0.2) is 41.4 Å². The van der Waals surface area contributed by atoms with E-state index < -0.39 is 0 Å². The molecule has 0 spiro atoms. The van der Waals surface area contributed by atoms with Crippen LogP contribution in [0.25, 0.3) is 0 Å². The Morgan fingerprint density at radius 1 is 1.00 bits per heavy atom. The van der Waals surface area contributed by atoms with Gasteiger partial charge in [-0.25, -0.2) is 4.99 Å². The van der Waals surface area contributed by atoms with Crippen molar-refractivity contribution in [1.29, 1.82) is 0 Å². The van der Waals surface area contributed by atoms with E-state index in [0.717, 1.165) is 11.3 Å². The average Bonchev–Trinajstić information content (AvgIpc) is 2.62. The Bertz CT molecular complexity index is 740. The summed E-state index contributed by atoms with van der Waals surface area (Å²) in [5, 5.41) is 3.05. The first-order chi connectivity index (χ1) is 12.5. The second-order valence-corrected chi connectivity index (χ2v) is 5.99. The van der Waals surface area contributed by atoms with Crippen LogP contribution in [0.4, 0.5) is 0 Å². The molecule has 3 N–H and O–H groups in total. The number of aliphatic imine (C=N–C) groups is 1. The minimum atomic E-state index is 0.379. The van der Waals surface area contributed by atoms with E-state index >= 15 is 0 Å². The summed E-state index contributed by atoms with van der Waals surface area (Å²) in [5.41, 5.74) is 9.26. The van der Waals surface area contributed by atoms with Crippen molar-refractivity contribution in [3.05, 3.63) is 53.1 Å². The third kappa shape index (κ3) is 5.88. The van der Waals surface area contributed by atoms with E-state index in [1.807, 2.05) is 30.3 Å². The molecule has 26 heavy (non-hydrogen) atoms. The summed E-state index contributed by atoms with van der Waals surface area (Å²) in [6.07, 6.45) is 0. The van der Waals surface area contributed by atoms with Crippen molar-refractivity contribution < 1.29 is 14.2 Å². The van der Waals surface area contributed by atoms with Crippen molar-refractivity contribution in [1.82, 2.24) is 5.32 Å². The Kier molecular flexibility index (Phi) is 7.14. The molecule has 0 aliphatic heterocycles. The smallest absolute Gasteiger partial charge is 0.189 e. The number of nitrogens with one attached hydrogen (secondary N) is 1. The van der Waals surface area contributed by atoms with Gasteiger partial charge in [0.25, 0.3) is 0 Å². The quantitative estimate of drug-likeness (QED) is 0.431. The molecule has 6 heteroatoms. The summed E-state index contributed by atoms with van der Waals surface area (Å²) in [4.78, 5) is 4.33. The predicted molar refractivity (Wildman–Crippen MR) is 104 cm³/mol. The molecular weight excluding hydrogens is 330 g/mol. The zero-order chi connectivity index (χ0) is 18.9. The molecule has 0 aliphatic carbocycles. The molecule has 0 bridgehead atoms. The van der Waals surface area contributed by atoms with Gasteiger partial charge < -0.3 is 25.3 Å². The SMILES string of the molecule is COc1ccc(CN=C(N)NCCOc2cc(C)cc(C)c2)cc1OC. The van der Waals surface area contributed by atoms with Gasteiger partial charge in [-0.2, -0.15) is 0 Å². The lowest BCUT2D eigenvalue weighted by molar-refractivity contribution is 0.322. The van der Waals surface area contributed by atoms with Crippen LogP contribution >= 0.6 is 0 Å². The number of methoxy groups -OCH3 is 2. The molecule has 0 heterocycles. The lowest BCUT2D eigenvalue weighted by Gasteiger charge is -2.10. The Labute approximate surface area is 155 Å². The number of aryl methyl sites for hydroxylation is 2. The summed E-state index contributed by atoms with van der Waals surface area (Å²) in [6, 6.07) is 11.8. The van der Waals surface area contributed by atoms with Crippen LogP contribution in [0.2, 0.25) is 0 Å². The van der Waals surface area contributed by atoms with Gasteiger partial charge in [-0.15, -0.1) is 0 Å². The molecule has 140 valence electrons. The highest BCUT2D eigenvalue weighted by Gasteiger charge is 2.04. The van der Waals surface area contributed by atoms with Crippen LogP contribution in [0.5, 0.6) is 17.2 Å². The maximum Gasteiger partial charge on any atom is 0.189 e. The van der Waals surface area contributed by atoms with E-state index in [1.54, 1.807) is 14.2 Å². The van der Waals surface area contributed by atoms with Crippen LogP contribution in [0.3, 0.4) is 0 Å². The number of nitrogens with two attached hydrogens (primary N) is 1. The fourth-order valence-corrected chi connectivity index (χ4v) is 2.58. The van der Waals surface area contributed by atoms with E-state index in [1.165, 1.54) is 11.1 Å². The summed E-state index contributed by atoms with van der Waals surface area (Å²) in [5.74, 6) is 2.61. The van der Waals surface area contributed by atoms with Gasteiger partial charge in [0.15, 0.2) is 17.5 Å². The van der Waals surface area contributed by atoms with Gasteiger partial charge in [-0.3, -0.25) is 0 Å². The van der Waals surface area contributed by atoms with Gasteiger partial charge in [0.05, 0.1) is 27.3 Å². The van der Waals surface area contributed by atoms with Gasteiger partial charge in [0.1, 0.15) is 12.4 Å². The van der Waals surface area contributed by atoms with E-state index in [9.17, 15) is 0 Å².